The van der Waals surface area contributed by atoms with E-state index in [2.05, 4.69) is 16.3 Å². The van der Waals surface area contributed by atoms with E-state index in [0.29, 0.717) is 16.6 Å². The van der Waals surface area contributed by atoms with Crippen LogP contribution in [0.1, 0.15) is 31.2 Å². The van der Waals surface area contributed by atoms with Gasteiger partial charge in [-0.2, -0.15) is 5.26 Å². The Kier molecular flexibility index (Phi) is 4.14. The fraction of sp³-hybridized carbons (Fsp3) is 0.562. The topological polar surface area (TPSA) is 39.1 Å². The molecule has 1 saturated carbocycles. The second-order valence-corrected chi connectivity index (χ2v) is 6.32. The summed E-state index contributed by atoms with van der Waals surface area (Å²) in [5, 5.41) is 13.1. The molecular formula is C16H20ClN3. The molecule has 1 N–H and O–H groups in total. The lowest BCUT2D eigenvalue weighted by atomic mass is 10.1. The zero-order chi connectivity index (χ0) is 13.9. The van der Waals surface area contributed by atoms with Crippen molar-refractivity contribution in [3.63, 3.8) is 0 Å². The highest BCUT2D eigenvalue weighted by Gasteiger charge is 2.27. The summed E-state index contributed by atoms with van der Waals surface area (Å²) in [5.41, 5.74) is 1.70. The van der Waals surface area contributed by atoms with Gasteiger partial charge in [0.2, 0.25) is 0 Å². The minimum absolute atomic E-state index is 0.556. The number of rotatable bonds is 5. The van der Waals surface area contributed by atoms with Gasteiger partial charge >= 0.3 is 0 Å². The van der Waals surface area contributed by atoms with Crippen molar-refractivity contribution in [2.45, 2.75) is 31.7 Å². The monoisotopic (exact) mass is 289 g/mol. The third-order valence-electron chi connectivity index (χ3n) is 4.22. The molecule has 2 aliphatic rings. The maximum Gasteiger partial charge on any atom is 0.101 e. The zero-order valence-electron chi connectivity index (χ0n) is 11.6. The van der Waals surface area contributed by atoms with Crippen molar-refractivity contribution in [3.8, 4) is 6.07 Å². The van der Waals surface area contributed by atoms with Crippen LogP contribution in [-0.2, 0) is 0 Å². The molecule has 2 fully saturated rings. The fourth-order valence-corrected chi connectivity index (χ4v) is 3.08. The van der Waals surface area contributed by atoms with Crippen molar-refractivity contribution in [1.29, 1.82) is 5.26 Å². The number of halogens is 1. The molecule has 0 amide bonds. The average molecular weight is 290 g/mol. The van der Waals surface area contributed by atoms with E-state index in [9.17, 15) is 0 Å². The highest BCUT2D eigenvalue weighted by molar-refractivity contribution is 6.32. The van der Waals surface area contributed by atoms with Crippen molar-refractivity contribution in [2.75, 3.05) is 24.5 Å². The van der Waals surface area contributed by atoms with Gasteiger partial charge in [-0.1, -0.05) is 11.6 Å². The Balaban J connectivity index is 1.76. The van der Waals surface area contributed by atoms with E-state index < -0.39 is 0 Å². The van der Waals surface area contributed by atoms with E-state index in [0.717, 1.165) is 31.2 Å². The van der Waals surface area contributed by atoms with Crippen molar-refractivity contribution >= 4 is 17.3 Å². The van der Waals surface area contributed by atoms with Gasteiger partial charge in [-0.3, -0.25) is 0 Å². The number of nitrogens with zero attached hydrogens (tertiary/aromatic N) is 2. The van der Waals surface area contributed by atoms with E-state index in [-0.39, 0.29) is 0 Å². The van der Waals surface area contributed by atoms with E-state index in [1.165, 1.54) is 25.7 Å². The van der Waals surface area contributed by atoms with Crippen LogP contribution in [0.5, 0.6) is 0 Å². The number of anilines is 1. The highest BCUT2D eigenvalue weighted by Crippen LogP contribution is 2.33. The van der Waals surface area contributed by atoms with Crippen LogP contribution in [0.3, 0.4) is 0 Å². The Labute approximate surface area is 125 Å². The van der Waals surface area contributed by atoms with Gasteiger partial charge in [0.25, 0.3) is 0 Å². The summed E-state index contributed by atoms with van der Waals surface area (Å²) in [4.78, 5) is 2.44. The molecule has 1 aliphatic carbocycles. The fourth-order valence-electron chi connectivity index (χ4n) is 2.87. The van der Waals surface area contributed by atoms with Crippen LogP contribution in [-0.4, -0.2) is 25.7 Å². The van der Waals surface area contributed by atoms with Gasteiger partial charge in [-0.25, -0.2) is 0 Å². The molecular weight excluding hydrogens is 270 g/mol. The summed E-state index contributed by atoms with van der Waals surface area (Å²) >= 11 is 6.18. The van der Waals surface area contributed by atoms with Crippen LogP contribution in [0, 0.1) is 17.2 Å². The molecule has 106 valence electrons. The van der Waals surface area contributed by atoms with Gasteiger partial charge in [0.05, 0.1) is 10.6 Å². The lowest BCUT2D eigenvalue weighted by molar-refractivity contribution is 0.570. The van der Waals surface area contributed by atoms with Crippen molar-refractivity contribution in [3.05, 3.63) is 28.8 Å². The van der Waals surface area contributed by atoms with Gasteiger partial charge < -0.3 is 10.2 Å². The van der Waals surface area contributed by atoms with Crippen LogP contribution in [0.4, 0.5) is 5.69 Å². The predicted molar refractivity (Wildman–Crippen MR) is 82.1 cm³/mol. The summed E-state index contributed by atoms with van der Waals surface area (Å²) in [6.45, 7) is 3.29. The van der Waals surface area contributed by atoms with Crippen LogP contribution in [0.15, 0.2) is 18.2 Å². The standard InChI is InChI=1S/C16H20ClN3/c17-16-8-15(6-5-13(16)9-18)20(10-12-3-4-12)11-14-2-1-7-19-14/h5-6,8,12,14,19H,1-4,7,10-11H2. The SMILES string of the molecule is N#Cc1ccc(N(CC2CC2)CC2CCCN2)cc1Cl. The van der Waals surface area contributed by atoms with Crippen molar-refractivity contribution in [1.82, 2.24) is 5.32 Å². The van der Waals surface area contributed by atoms with Crippen LogP contribution in [0.25, 0.3) is 0 Å². The van der Waals surface area contributed by atoms with Crippen molar-refractivity contribution < 1.29 is 0 Å². The first-order valence-electron chi connectivity index (χ1n) is 7.44. The van der Waals surface area contributed by atoms with Crippen molar-refractivity contribution in [2.24, 2.45) is 5.92 Å². The Morgan fingerprint density at radius 1 is 1.30 bits per heavy atom. The molecule has 20 heavy (non-hydrogen) atoms. The largest absolute Gasteiger partial charge is 0.370 e. The average Bonchev–Trinajstić information content (AvgIpc) is 3.11. The lowest BCUT2D eigenvalue weighted by Gasteiger charge is -2.28. The maximum atomic E-state index is 8.98. The highest BCUT2D eigenvalue weighted by atomic mass is 35.5. The van der Waals surface area contributed by atoms with Gasteiger partial charge in [0, 0.05) is 24.8 Å². The first kappa shape index (κ1) is 13.7. The molecule has 0 bridgehead atoms. The van der Waals surface area contributed by atoms with Gasteiger partial charge in [-0.15, -0.1) is 0 Å². The molecule has 3 nitrogen and oxygen atoms in total. The summed E-state index contributed by atoms with van der Waals surface area (Å²) < 4.78 is 0. The Morgan fingerprint density at radius 3 is 2.75 bits per heavy atom. The number of hydrogen-bond donors (Lipinski definition) is 1. The third kappa shape index (κ3) is 3.26. The van der Waals surface area contributed by atoms with Crippen LogP contribution < -0.4 is 10.2 Å². The van der Waals surface area contributed by atoms with Gasteiger partial charge in [0.15, 0.2) is 0 Å². The summed E-state index contributed by atoms with van der Waals surface area (Å²) in [6, 6.07) is 8.52. The number of hydrogen-bond acceptors (Lipinski definition) is 3. The van der Waals surface area contributed by atoms with E-state index in [1.807, 2.05) is 18.2 Å². The molecule has 1 atom stereocenters. The zero-order valence-corrected chi connectivity index (χ0v) is 12.4. The first-order valence-corrected chi connectivity index (χ1v) is 7.82. The Hall–Kier alpha value is -1.24. The molecule has 1 aromatic carbocycles. The normalized spacial score (nSPS) is 21.7. The molecule has 1 unspecified atom stereocenters. The Bertz CT molecular complexity index is 513. The van der Waals surface area contributed by atoms with Crippen LogP contribution >= 0.6 is 11.6 Å². The summed E-state index contributed by atoms with van der Waals surface area (Å²) in [6.07, 6.45) is 5.22. The van der Waals surface area contributed by atoms with E-state index in [4.69, 9.17) is 16.9 Å². The first-order chi connectivity index (χ1) is 9.76. The maximum absolute atomic E-state index is 8.98. The second kappa shape index (κ2) is 6.03. The smallest absolute Gasteiger partial charge is 0.101 e. The molecule has 0 radical (unpaired) electrons. The van der Waals surface area contributed by atoms with Gasteiger partial charge in [-0.05, 0) is 56.3 Å². The summed E-state index contributed by atoms with van der Waals surface area (Å²) in [5.74, 6) is 0.839. The Morgan fingerprint density at radius 2 is 2.15 bits per heavy atom. The number of nitrogens with one attached hydrogen (secondary N) is 1. The summed E-state index contributed by atoms with van der Waals surface area (Å²) in [7, 11) is 0. The second-order valence-electron chi connectivity index (χ2n) is 5.92. The lowest BCUT2D eigenvalue weighted by Crippen LogP contribution is -2.38. The minimum Gasteiger partial charge on any atom is -0.370 e. The van der Waals surface area contributed by atoms with Crippen LogP contribution in [0.2, 0.25) is 5.02 Å². The van der Waals surface area contributed by atoms with Gasteiger partial charge in [0.1, 0.15) is 6.07 Å². The molecule has 3 rings (SSSR count). The number of nitriles is 1. The number of benzene rings is 1. The molecule has 1 aliphatic heterocycles. The third-order valence-corrected chi connectivity index (χ3v) is 4.53. The van der Waals surface area contributed by atoms with E-state index in [1.54, 1.807) is 0 Å². The minimum atomic E-state index is 0.556. The molecule has 1 saturated heterocycles. The quantitative estimate of drug-likeness (QED) is 0.905. The molecule has 0 aromatic heterocycles. The predicted octanol–water partition coefficient (Wildman–Crippen LogP) is 3.18. The molecule has 1 aromatic rings. The van der Waals surface area contributed by atoms with E-state index >= 15 is 0 Å². The molecule has 0 spiro atoms. The molecule has 4 heteroatoms. The molecule has 1 heterocycles.